The molecule has 0 aliphatic carbocycles. The van der Waals surface area contributed by atoms with E-state index in [9.17, 15) is 4.79 Å². The molecule has 6 heteroatoms. The molecule has 1 aromatic rings. The molecule has 0 heterocycles. The fourth-order valence-electron chi connectivity index (χ4n) is 1.63. The molecule has 0 aliphatic rings. The van der Waals surface area contributed by atoms with Crippen LogP contribution in [0.25, 0.3) is 0 Å². The molecule has 0 atom stereocenters. The van der Waals surface area contributed by atoms with Crippen molar-refractivity contribution < 1.29 is 9.90 Å². The number of hydrogen-bond acceptors (Lipinski definition) is 3. The first kappa shape index (κ1) is 16.6. The van der Waals surface area contributed by atoms with E-state index >= 15 is 0 Å². The lowest BCUT2D eigenvalue weighted by atomic mass is 10.3. The van der Waals surface area contributed by atoms with Gasteiger partial charge in [0.15, 0.2) is 0 Å². The molecule has 0 aromatic heterocycles. The van der Waals surface area contributed by atoms with E-state index in [1.54, 1.807) is 0 Å². The summed E-state index contributed by atoms with van der Waals surface area (Å²) in [4.78, 5) is 13.9. The van der Waals surface area contributed by atoms with Gasteiger partial charge in [-0.1, -0.05) is 22.9 Å². The summed E-state index contributed by atoms with van der Waals surface area (Å²) in [5, 5.41) is 11.7. The van der Waals surface area contributed by atoms with Crippen molar-refractivity contribution in [3.05, 3.63) is 27.1 Å². The van der Waals surface area contributed by atoms with Crippen molar-refractivity contribution in [1.82, 2.24) is 4.90 Å². The Bertz CT molecular complexity index is 427. The molecule has 19 heavy (non-hydrogen) atoms. The van der Waals surface area contributed by atoms with Crippen molar-refractivity contribution in [2.24, 2.45) is 0 Å². The summed E-state index contributed by atoms with van der Waals surface area (Å²) >= 11 is 6.78. The van der Waals surface area contributed by atoms with Gasteiger partial charge in [0.2, 0.25) is 5.91 Å². The maximum absolute atomic E-state index is 11.9. The van der Waals surface area contributed by atoms with Crippen molar-refractivity contribution >= 4 is 43.5 Å². The van der Waals surface area contributed by atoms with E-state index in [1.165, 1.54) is 0 Å². The molecule has 0 saturated heterocycles. The van der Waals surface area contributed by atoms with Crippen molar-refractivity contribution in [2.45, 2.75) is 13.3 Å². The molecule has 0 aliphatic heterocycles. The SMILES string of the molecule is CCN(CCCO)CC(=O)Nc1ccc(Br)cc1Br. The lowest BCUT2D eigenvalue weighted by Gasteiger charge is -2.19. The number of halogens is 2. The number of nitrogens with one attached hydrogen (secondary N) is 1. The summed E-state index contributed by atoms with van der Waals surface area (Å²) < 4.78 is 1.80. The minimum Gasteiger partial charge on any atom is -0.396 e. The molecule has 0 unspecified atom stereocenters. The first-order valence-electron chi connectivity index (χ1n) is 6.15. The number of aliphatic hydroxyl groups is 1. The highest BCUT2D eigenvalue weighted by atomic mass is 79.9. The Balaban J connectivity index is 2.54. The first-order chi connectivity index (χ1) is 9.06. The average Bonchev–Trinajstić information content (AvgIpc) is 2.38. The normalized spacial score (nSPS) is 10.8. The molecule has 4 nitrogen and oxygen atoms in total. The molecule has 0 fully saturated rings. The molecule has 0 radical (unpaired) electrons. The largest absolute Gasteiger partial charge is 0.396 e. The Morgan fingerprint density at radius 2 is 2.16 bits per heavy atom. The molecular formula is C13H18Br2N2O2. The van der Waals surface area contributed by atoms with Crippen LogP contribution in [0, 0.1) is 0 Å². The summed E-state index contributed by atoms with van der Waals surface area (Å²) in [5.41, 5.74) is 0.756. The van der Waals surface area contributed by atoms with Gasteiger partial charge in [-0.15, -0.1) is 0 Å². The quantitative estimate of drug-likeness (QED) is 0.748. The number of nitrogens with zero attached hydrogens (tertiary/aromatic N) is 1. The van der Waals surface area contributed by atoms with Crippen LogP contribution in [0.1, 0.15) is 13.3 Å². The number of likely N-dealkylation sites (N-methyl/N-ethyl adjacent to an activating group) is 1. The summed E-state index contributed by atoms with van der Waals surface area (Å²) in [7, 11) is 0. The van der Waals surface area contributed by atoms with Gasteiger partial charge in [-0.05, 0) is 47.1 Å². The molecule has 2 N–H and O–H groups in total. The van der Waals surface area contributed by atoms with E-state index in [4.69, 9.17) is 5.11 Å². The van der Waals surface area contributed by atoms with Crippen LogP contribution >= 0.6 is 31.9 Å². The highest BCUT2D eigenvalue weighted by Crippen LogP contribution is 2.26. The lowest BCUT2D eigenvalue weighted by Crippen LogP contribution is -2.34. The average molecular weight is 394 g/mol. The lowest BCUT2D eigenvalue weighted by molar-refractivity contribution is -0.117. The van der Waals surface area contributed by atoms with Crippen LogP contribution in [0.2, 0.25) is 0 Å². The van der Waals surface area contributed by atoms with Gasteiger partial charge in [0.05, 0.1) is 12.2 Å². The molecule has 0 spiro atoms. The second kappa shape index (κ2) is 8.68. The van der Waals surface area contributed by atoms with Gasteiger partial charge in [-0.25, -0.2) is 0 Å². The van der Waals surface area contributed by atoms with Gasteiger partial charge in [0.1, 0.15) is 0 Å². The Morgan fingerprint density at radius 1 is 1.42 bits per heavy atom. The molecular weight excluding hydrogens is 376 g/mol. The third-order valence-corrected chi connectivity index (χ3v) is 3.80. The third-order valence-electron chi connectivity index (χ3n) is 2.65. The van der Waals surface area contributed by atoms with Crippen LogP contribution < -0.4 is 5.32 Å². The number of rotatable bonds is 7. The number of carbonyl (C=O) groups is 1. The van der Waals surface area contributed by atoms with Gasteiger partial charge in [0.25, 0.3) is 0 Å². The van der Waals surface area contributed by atoms with Crippen molar-refractivity contribution in [1.29, 1.82) is 0 Å². The standard InChI is InChI=1S/C13H18Br2N2O2/c1-2-17(6-3-7-18)9-13(19)16-12-5-4-10(14)8-11(12)15/h4-5,8,18H,2-3,6-7,9H2,1H3,(H,16,19). The summed E-state index contributed by atoms with van der Waals surface area (Å²) in [6, 6.07) is 5.61. The number of benzene rings is 1. The van der Waals surface area contributed by atoms with Gasteiger partial charge in [-0.3, -0.25) is 9.69 Å². The number of carbonyl (C=O) groups excluding carboxylic acids is 1. The van der Waals surface area contributed by atoms with Crippen LogP contribution in [0.3, 0.4) is 0 Å². The Labute approximate surface area is 130 Å². The van der Waals surface area contributed by atoms with E-state index in [2.05, 4.69) is 37.2 Å². The summed E-state index contributed by atoms with van der Waals surface area (Å²) in [5.74, 6) is -0.0530. The Kier molecular flexibility index (Phi) is 7.60. The van der Waals surface area contributed by atoms with E-state index in [0.29, 0.717) is 13.0 Å². The number of aliphatic hydroxyl groups excluding tert-OH is 1. The van der Waals surface area contributed by atoms with Crippen molar-refractivity contribution in [2.75, 3.05) is 31.6 Å². The molecule has 0 bridgehead atoms. The predicted molar refractivity (Wildman–Crippen MR) is 84.3 cm³/mol. The zero-order chi connectivity index (χ0) is 14.3. The maximum Gasteiger partial charge on any atom is 0.238 e. The van der Waals surface area contributed by atoms with Crippen LogP contribution in [0.5, 0.6) is 0 Å². The minimum atomic E-state index is -0.0530. The van der Waals surface area contributed by atoms with Crippen molar-refractivity contribution in [3.63, 3.8) is 0 Å². The predicted octanol–water partition coefficient (Wildman–Crippen LogP) is 2.85. The van der Waals surface area contributed by atoms with Crippen LogP contribution in [-0.4, -0.2) is 42.2 Å². The maximum atomic E-state index is 11.9. The van der Waals surface area contributed by atoms with Crippen molar-refractivity contribution in [3.8, 4) is 0 Å². The van der Waals surface area contributed by atoms with Gasteiger partial charge < -0.3 is 10.4 Å². The van der Waals surface area contributed by atoms with Gasteiger partial charge >= 0.3 is 0 Å². The zero-order valence-corrected chi connectivity index (χ0v) is 14.0. The zero-order valence-electron chi connectivity index (χ0n) is 10.8. The van der Waals surface area contributed by atoms with Crippen LogP contribution in [-0.2, 0) is 4.79 Å². The highest BCUT2D eigenvalue weighted by molar-refractivity contribution is 9.11. The smallest absolute Gasteiger partial charge is 0.238 e. The topological polar surface area (TPSA) is 52.6 Å². The molecule has 106 valence electrons. The first-order valence-corrected chi connectivity index (χ1v) is 7.73. The van der Waals surface area contributed by atoms with Crippen LogP contribution in [0.4, 0.5) is 5.69 Å². The molecule has 0 saturated carbocycles. The number of amides is 1. The van der Waals surface area contributed by atoms with Gasteiger partial charge in [0, 0.05) is 22.1 Å². The second-order valence-electron chi connectivity index (χ2n) is 4.12. The second-order valence-corrected chi connectivity index (χ2v) is 5.89. The molecule has 1 amide bonds. The van der Waals surface area contributed by atoms with Gasteiger partial charge in [-0.2, -0.15) is 0 Å². The Hall–Kier alpha value is -0.430. The fourth-order valence-corrected chi connectivity index (χ4v) is 2.77. The number of anilines is 1. The minimum absolute atomic E-state index is 0.0530. The van der Waals surface area contributed by atoms with Crippen LogP contribution in [0.15, 0.2) is 27.1 Å². The van der Waals surface area contributed by atoms with E-state index in [-0.39, 0.29) is 12.5 Å². The molecule has 1 rings (SSSR count). The Morgan fingerprint density at radius 3 is 2.74 bits per heavy atom. The fraction of sp³-hybridized carbons (Fsp3) is 0.462. The van der Waals surface area contributed by atoms with E-state index in [0.717, 1.165) is 27.7 Å². The monoisotopic (exact) mass is 392 g/mol. The third kappa shape index (κ3) is 6.03. The molecule has 1 aromatic carbocycles. The summed E-state index contributed by atoms with van der Waals surface area (Å²) in [6.07, 6.45) is 0.684. The highest BCUT2D eigenvalue weighted by Gasteiger charge is 2.10. The number of hydrogen-bond donors (Lipinski definition) is 2. The summed E-state index contributed by atoms with van der Waals surface area (Å²) in [6.45, 7) is 3.99. The van der Waals surface area contributed by atoms with E-state index < -0.39 is 0 Å². The van der Waals surface area contributed by atoms with E-state index in [1.807, 2.05) is 30.0 Å².